The van der Waals surface area contributed by atoms with Gasteiger partial charge in [0, 0.05) is 31.2 Å². The first-order valence-corrected chi connectivity index (χ1v) is 12.3. The maximum atomic E-state index is 13.0. The van der Waals surface area contributed by atoms with Crippen molar-refractivity contribution >= 4 is 39.8 Å². The van der Waals surface area contributed by atoms with Crippen LogP contribution in [0, 0.1) is 0 Å². The number of carbonyl (C=O) groups is 1. The fourth-order valence-electron chi connectivity index (χ4n) is 3.33. The summed E-state index contributed by atoms with van der Waals surface area (Å²) in [5.74, 6) is -0.254. The molecule has 0 aliphatic carbocycles. The molecule has 2 N–H and O–H groups in total. The molecular formula is C25H28Cl2N2O4S. The van der Waals surface area contributed by atoms with E-state index in [0.29, 0.717) is 30.1 Å². The van der Waals surface area contributed by atoms with Gasteiger partial charge in [-0.05, 0) is 66.6 Å². The predicted molar refractivity (Wildman–Crippen MR) is 137 cm³/mol. The molecule has 0 aromatic heterocycles. The number of nitrogens with zero attached hydrogens (tertiary/aromatic N) is 1. The number of hydrogen-bond donors (Lipinski definition) is 2. The minimum Gasteiger partial charge on any atom is -0.387 e. The molecule has 0 bridgehead atoms. The first-order valence-electron chi connectivity index (χ1n) is 10.5. The summed E-state index contributed by atoms with van der Waals surface area (Å²) >= 11 is 5.96. The van der Waals surface area contributed by atoms with Crippen LogP contribution in [0.25, 0.3) is 0 Å². The second-order valence-electron chi connectivity index (χ2n) is 7.90. The van der Waals surface area contributed by atoms with E-state index in [1.807, 2.05) is 6.07 Å². The summed E-state index contributed by atoms with van der Waals surface area (Å²) in [4.78, 5) is 13.8. The van der Waals surface area contributed by atoms with Gasteiger partial charge >= 0.3 is 0 Å². The molecule has 0 saturated carbocycles. The number of hydrogen-bond acceptors (Lipinski definition) is 5. The molecule has 9 heteroatoms. The third-order valence-corrected chi connectivity index (χ3v) is 7.20. The molecule has 1 atom stereocenters. The van der Waals surface area contributed by atoms with E-state index in [1.54, 1.807) is 68.7 Å². The molecule has 0 fully saturated rings. The van der Waals surface area contributed by atoms with E-state index in [1.165, 1.54) is 17.0 Å². The van der Waals surface area contributed by atoms with Gasteiger partial charge in [-0.3, -0.25) is 4.79 Å². The van der Waals surface area contributed by atoms with Gasteiger partial charge in [0.05, 0.1) is 15.9 Å². The summed E-state index contributed by atoms with van der Waals surface area (Å²) in [6, 6.07) is 19.9. The van der Waals surface area contributed by atoms with Crippen LogP contribution in [-0.2, 0) is 16.3 Å². The molecule has 34 heavy (non-hydrogen) atoms. The first-order chi connectivity index (χ1) is 15.7. The predicted octanol–water partition coefficient (Wildman–Crippen LogP) is 4.16. The van der Waals surface area contributed by atoms with E-state index in [0.717, 1.165) is 11.1 Å². The lowest BCUT2D eigenvalue weighted by Crippen LogP contribution is -2.23. The third-order valence-electron chi connectivity index (χ3n) is 5.19. The van der Waals surface area contributed by atoms with E-state index in [2.05, 4.69) is 5.32 Å². The topological polar surface area (TPSA) is 86.7 Å². The minimum atomic E-state index is -3.74. The summed E-state index contributed by atoms with van der Waals surface area (Å²) in [7, 11) is -0.498. The highest BCUT2D eigenvalue weighted by molar-refractivity contribution is 7.91. The third kappa shape index (κ3) is 7.04. The summed E-state index contributed by atoms with van der Waals surface area (Å²) in [5.41, 5.74) is 2.04. The van der Waals surface area contributed by atoms with Gasteiger partial charge in [0.25, 0.3) is 5.91 Å². The van der Waals surface area contributed by atoms with Crippen LogP contribution in [0.5, 0.6) is 0 Å². The normalized spacial score (nSPS) is 12.0. The van der Waals surface area contributed by atoms with Crippen LogP contribution in [0.4, 0.5) is 0 Å². The molecule has 3 aromatic rings. The monoisotopic (exact) mass is 522 g/mol. The van der Waals surface area contributed by atoms with Crippen LogP contribution < -0.4 is 5.32 Å². The fraction of sp³-hybridized carbons (Fsp3) is 0.240. The number of halogens is 2. The number of sulfone groups is 1. The lowest BCUT2D eigenvalue weighted by atomic mass is 10.1. The molecule has 0 unspecified atom stereocenters. The number of carbonyl (C=O) groups excluding carboxylic acids is 1. The van der Waals surface area contributed by atoms with Gasteiger partial charge in [-0.2, -0.15) is 0 Å². The maximum absolute atomic E-state index is 13.0. The highest BCUT2D eigenvalue weighted by Gasteiger charge is 2.19. The van der Waals surface area contributed by atoms with Gasteiger partial charge in [-0.15, -0.1) is 12.4 Å². The largest absolute Gasteiger partial charge is 0.387 e. The molecule has 0 radical (unpaired) electrons. The molecule has 0 aliphatic rings. The van der Waals surface area contributed by atoms with Crippen molar-refractivity contribution in [1.29, 1.82) is 0 Å². The average molecular weight is 523 g/mol. The first kappa shape index (κ1) is 27.8. The smallest absolute Gasteiger partial charge is 0.253 e. The van der Waals surface area contributed by atoms with Gasteiger partial charge in [-0.1, -0.05) is 41.9 Å². The molecular weight excluding hydrogens is 495 g/mol. The van der Waals surface area contributed by atoms with Crippen LogP contribution in [0.1, 0.15) is 27.6 Å². The molecule has 0 heterocycles. The Morgan fingerprint density at radius 1 is 1.00 bits per heavy atom. The Balaban J connectivity index is 0.00000408. The number of aliphatic hydroxyl groups excluding tert-OH is 1. The van der Waals surface area contributed by atoms with Gasteiger partial charge in [0.2, 0.25) is 9.84 Å². The average Bonchev–Trinajstić information content (AvgIpc) is 2.81. The summed E-state index contributed by atoms with van der Waals surface area (Å²) in [6.45, 7) is 1.01. The van der Waals surface area contributed by atoms with Crippen molar-refractivity contribution < 1.29 is 18.3 Å². The Kier molecular flexibility index (Phi) is 10.1. The molecule has 6 nitrogen and oxygen atoms in total. The number of rotatable bonds is 9. The molecule has 182 valence electrons. The molecule has 3 aromatic carbocycles. The second-order valence-corrected chi connectivity index (χ2v) is 10.3. The SMILES string of the molecule is CN(C)C(=O)c1cccc(S(=O)(=O)c2ccc(CCNC[C@H](O)c3cccc(Cl)c3)cc2)c1.Cl. The number of benzene rings is 3. The van der Waals surface area contributed by atoms with E-state index in [9.17, 15) is 18.3 Å². The summed E-state index contributed by atoms with van der Waals surface area (Å²) < 4.78 is 26.0. The zero-order valence-electron chi connectivity index (χ0n) is 18.9. The fourth-order valence-corrected chi connectivity index (χ4v) is 4.83. The Bertz CT molecular complexity index is 1220. The highest BCUT2D eigenvalue weighted by Crippen LogP contribution is 2.23. The van der Waals surface area contributed by atoms with Crippen molar-refractivity contribution in [1.82, 2.24) is 10.2 Å². The molecule has 0 aliphatic heterocycles. The van der Waals surface area contributed by atoms with E-state index in [4.69, 9.17) is 11.6 Å². The Labute approximate surface area is 211 Å². The number of amides is 1. The quantitative estimate of drug-likeness (QED) is 0.412. The van der Waals surface area contributed by atoms with Crippen molar-refractivity contribution in [2.45, 2.75) is 22.3 Å². The number of aliphatic hydroxyl groups is 1. The van der Waals surface area contributed by atoms with Crippen molar-refractivity contribution in [3.8, 4) is 0 Å². The zero-order chi connectivity index (χ0) is 24.0. The van der Waals surface area contributed by atoms with Crippen LogP contribution in [0.2, 0.25) is 5.02 Å². The van der Waals surface area contributed by atoms with Gasteiger partial charge in [-0.25, -0.2) is 8.42 Å². The Morgan fingerprint density at radius 2 is 1.68 bits per heavy atom. The molecule has 3 rings (SSSR count). The van der Waals surface area contributed by atoms with Crippen molar-refractivity contribution in [3.63, 3.8) is 0 Å². The van der Waals surface area contributed by atoms with Crippen molar-refractivity contribution in [2.75, 3.05) is 27.2 Å². The Hall–Kier alpha value is -2.42. The minimum absolute atomic E-state index is 0. The molecule has 1 amide bonds. The molecule has 0 spiro atoms. The van der Waals surface area contributed by atoms with E-state index in [-0.39, 0.29) is 28.1 Å². The van der Waals surface area contributed by atoms with Crippen LogP contribution in [0.15, 0.2) is 82.6 Å². The standard InChI is InChI=1S/C25H27ClN2O4S.ClH/c1-28(2)25(30)20-6-4-8-23(16-20)33(31,32)22-11-9-18(10-12-22)13-14-27-17-24(29)19-5-3-7-21(26)15-19;/h3-12,15-16,24,27,29H,13-14,17H2,1-2H3;1H/t24-;/m0./s1. The van der Waals surface area contributed by atoms with E-state index < -0.39 is 15.9 Å². The van der Waals surface area contributed by atoms with Crippen molar-refractivity contribution in [3.05, 3.63) is 94.5 Å². The molecule has 0 saturated heterocycles. The van der Waals surface area contributed by atoms with Gasteiger partial charge in [0.15, 0.2) is 0 Å². The van der Waals surface area contributed by atoms with Crippen molar-refractivity contribution in [2.24, 2.45) is 0 Å². The zero-order valence-corrected chi connectivity index (χ0v) is 21.3. The lowest BCUT2D eigenvalue weighted by Gasteiger charge is -2.13. The van der Waals surface area contributed by atoms with E-state index >= 15 is 0 Å². The summed E-state index contributed by atoms with van der Waals surface area (Å²) in [5, 5.41) is 14.0. The maximum Gasteiger partial charge on any atom is 0.253 e. The number of nitrogens with one attached hydrogen (secondary N) is 1. The van der Waals surface area contributed by atoms with Crippen LogP contribution in [0.3, 0.4) is 0 Å². The highest BCUT2D eigenvalue weighted by atomic mass is 35.5. The lowest BCUT2D eigenvalue weighted by molar-refractivity contribution is 0.0827. The van der Waals surface area contributed by atoms with Gasteiger partial charge in [0.1, 0.15) is 0 Å². The van der Waals surface area contributed by atoms with Crippen LogP contribution >= 0.6 is 24.0 Å². The van der Waals surface area contributed by atoms with Crippen LogP contribution in [-0.4, -0.2) is 51.5 Å². The second kappa shape index (κ2) is 12.3. The summed E-state index contributed by atoms with van der Waals surface area (Å²) in [6.07, 6.45) is 0.0152. The Morgan fingerprint density at radius 3 is 2.32 bits per heavy atom. The van der Waals surface area contributed by atoms with Gasteiger partial charge < -0.3 is 15.3 Å².